The fourth-order valence-corrected chi connectivity index (χ4v) is 3.55. The van der Waals surface area contributed by atoms with Crippen LogP contribution in [-0.2, 0) is 11.2 Å². The molecular weight excluding hydrogens is 352 g/mol. The summed E-state index contributed by atoms with van der Waals surface area (Å²) in [6.07, 6.45) is 0.439. The van der Waals surface area contributed by atoms with Crippen molar-refractivity contribution in [2.24, 2.45) is 5.73 Å². The molecule has 0 aromatic heterocycles. The molecule has 1 amide bonds. The standard InChI is InChI=1S/C16H14BrClN2O/c1-20-14-5-2-9(6-10(14)7-15(20)21)16(19)12-4-3-11(18)8-13(12)17/h2-6,8,16H,7,19H2,1H3. The second-order valence-corrected chi connectivity index (χ2v) is 6.45. The number of carbonyl (C=O) groups excluding carboxylic acids is 1. The van der Waals surface area contributed by atoms with Crippen molar-refractivity contribution < 1.29 is 4.79 Å². The Bertz CT molecular complexity index is 732. The maximum Gasteiger partial charge on any atom is 0.231 e. The molecule has 2 N–H and O–H groups in total. The molecule has 0 aliphatic carbocycles. The Hall–Kier alpha value is -1.36. The Balaban J connectivity index is 1.98. The van der Waals surface area contributed by atoms with Crippen LogP contribution >= 0.6 is 27.5 Å². The number of anilines is 1. The van der Waals surface area contributed by atoms with Crippen LogP contribution in [0.4, 0.5) is 5.69 Å². The highest BCUT2D eigenvalue weighted by Gasteiger charge is 2.25. The van der Waals surface area contributed by atoms with Crippen LogP contribution in [0, 0.1) is 0 Å². The fourth-order valence-electron chi connectivity index (χ4n) is 2.62. The Kier molecular flexibility index (Phi) is 3.78. The maximum atomic E-state index is 11.7. The smallest absolute Gasteiger partial charge is 0.231 e. The molecule has 1 aliphatic rings. The van der Waals surface area contributed by atoms with Gasteiger partial charge in [0.25, 0.3) is 0 Å². The average molecular weight is 366 g/mol. The van der Waals surface area contributed by atoms with E-state index >= 15 is 0 Å². The molecule has 0 saturated heterocycles. The van der Waals surface area contributed by atoms with Gasteiger partial charge in [-0.2, -0.15) is 0 Å². The molecule has 21 heavy (non-hydrogen) atoms. The van der Waals surface area contributed by atoms with Gasteiger partial charge in [0.1, 0.15) is 0 Å². The summed E-state index contributed by atoms with van der Waals surface area (Å²) in [5.74, 6) is 0.114. The van der Waals surface area contributed by atoms with Crippen LogP contribution in [0.3, 0.4) is 0 Å². The summed E-state index contributed by atoms with van der Waals surface area (Å²) < 4.78 is 0.885. The van der Waals surface area contributed by atoms with Gasteiger partial charge in [-0.1, -0.05) is 45.7 Å². The molecule has 1 unspecified atom stereocenters. The third-order valence-corrected chi connectivity index (χ3v) is 4.76. The lowest BCUT2D eigenvalue weighted by Gasteiger charge is -2.16. The van der Waals surface area contributed by atoms with E-state index in [2.05, 4.69) is 15.9 Å². The minimum atomic E-state index is -0.261. The molecule has 3 nitrogen and oxygen atoms in total. The molecule has 2 aromatic rings. The highest BCUT2D eigenvalue weighted by molar-refractivity contribution is 9.10. The molecule has 1 aliphatic heterocycles. The van der Waals surface area contributed by atoms with Crippen molar-refractivity contribution >= 4 is 39.1 Å². The summed E-state index contributed by atoms with van der Waals surface area (Å²) >= 11 is 9.46. The first-order chi connectivity index (χ1) is 9.97. The number of likely N-dealkylation sites (N-methyl/N-ethyl adjacent to an activating group) is 1. The van der Waals surface area contributed by atoms with Crippen molar-refractivity contribution in [1.82, 2.24) is 0 Å². The number of carbonyl (C=O) groups is 1. The molecule has 0 radical (unpaired) electrons. The Morgan fingerprint density at radius 3 is 2.76 bits per heavy atom. The van der Waals surface area contributed by atoms with Gasteiger partial charge in [0.15, 0.2) is 0 Å². The van der Waals surface area contributed by atoms with E-state index in [1.54, 1.807) is 11.9 Å². The van der Waals surface area contributed by atoms with E-state index in [1.165, 1.54) is 0 Å². The monoisotopic (exact) mass is 364 g/mol. The summed E-state index contributed by atoms with van der Waals surface area (Å²) in [7, 11) is 1.80. The van der Waals surface area contributed by atoms with Crippen molar-refractivity contribution in [3.8, 4) is 0 Å². The van der Waals surface area contributed by atoms with E-state index < -0.39 is 0 Å². The lowest BCUT2D eigenvalue weighted by molar-refractivity contribution is -0.117. The normalized spacial score (nSPS) is 15.2. The summed E-state index contributed by atoms with van der Waals surface area (Å²) in [5, 5.41) is 0.666. The first-order valence-corrected chi connectivity index (χ1v) is 7.74. The van der Waals surface area contributed by atoms with Crippen LogP contribution in [0.2, 0.25) is 5.02 Å². The number of halogens is 2. The minimum Gasteiger partial charge on any atom is -0.320 e. The summed E-state index contributed by atoms with van der Waals surface area (Å²) in [6, 6.07) is 11.3. The van der Waals surface area contributed by atoms with Crippen LogP contribution in [0.1, 0.15) is 22.7 Å². The molecule has 1 atom stereocenters. The second-order valence-electron chi connectivity index (χ2n) is 5.16. The van der Waals surface area contributed by atoms with Crippen molar-refractivity contribution in [2.75, 3.05) is 11.9 Å². The quantitative estimate of drug-likeness (QED) is 0.882. The number of nitrogens with two attached hydrogens (primary N) is 1. The highest BCUT2D eigenvalue weighted by atomic mass is 79.9. The predicted molar refractivity (Wildman–Crippen MR) is 88.7 cm³/mol. The zero-order chi connectivity index (χ0) is 15.1. The van der Waals surface area contributed by atoms with Gasteiger partial charge in [-0.25, -0.2) is 0 Å². The third-order valence-electron chi connectivity index (χ3n) is 3.84. The molecule has 0 saturated carbocycles. The van der Waals surface area contributed by atoms with Gasteiger partial charge in [-0.3, -0.25) is 4.79 Å². The SMILES string of the molecule is CN1C(=O)Cc2cc(C(N)c3ccc(Cl)cc3Br)ccc21. The molecule has 0 fully saturated rings. The van der Waals surface area contributed by atoms with E-state index in [9.17, 15) is 4.79 Å². The fraction of sp³-hybridized carbons (Fsp3) is 0.188. The molecule has 5 heteroatoms. The van der Waals surface area contributed by atoms with Crippen LogP contribution in [0.5, 0.6) is 0 Å². The van der Waals surface area contributed by atoms with Gasteiger partial charge in [-0.05, 0) is 34.9 Å². The first kappa shape index (κ1) is 14.6. The number of nitrogens with zero attached hydrogens (tertiary/aromatic N) is 1. The van der Waals surface area contributed by atoms with Crippen molar-refractivity contribution in [1.29, 1.82) is 0 Å². The molecule has 0 spiro atoms. The van der Waals surface area contributed by atoms with Crippen LogP contribution < -0.4 is 10.6 Å². The number of fused-ring (bicyclic) bond motifs is 1. The van der Waals surface area contributed by atoms with Crippen molar-refractivity contribution in [3.05, 3.63) is 62.6 Å². The van der Waals surface area contributed by atoms with Gasteiger partial charge >= 0.3 is 0 Å². The zero-order valence-corrected chi connectivity index (χ0v) is 13.8. The Labute approximate surface area is 136 Å². The number of rotatable bonds is 2. The van der Waals surface area contributed by atoms with Gasteiger partial charge in [0.2, 0.25) is 5.91 Å². The third kappa shape index (κ3) is 2.59. The number of hydrogen-bond donors (Lipinski definition) is 1. The van der Waals surface area contributed by atoms with Gasteiger partial charge in [0.05, 0.1) is 12.5 Å². The predicted octanol–water partition coefficient (Wildman–Crippen LogP) is 3.67. The molecule has 0 bridgehead atoms. The average Bonchev–Trinajstić information content (AvgIpc) is 2.73. The molecular formula is C16H14BrClN2O. The van der Waals surface area contributed by atoms with E-state index in [-0.39, 0.29) is 11.9 Å². The van der Waals surface area contributed by atoms with E-state index in [4.69, 9.17) is 17.3 Å². The summed E-state index contributed by atoms with van der Waals surface area (Å²) in [4.78, 5) is 13.4. The minimum absolute atomic E-state index is 0.114. The van der Waals surface area contributed by atoms with E-state index in [0.717, 1.165) is 26.9 Å². The molecule has 1 heterocycles. The van der Waals surface area contributed by atoms with Crippen LogP contribution in [-0.4, -0.2) is 13.0 Å². The second kappa shape index (κ2) is 5.44. The Morgan fingerprint density at radius 1 is 1.29 bits per heavy atom. The summed E-state index contributed by atoms with van der Waals surface area (Å²) in [6.45, 7) is 0. The summed E-state index contributed by atoms with van der Waals surface area (Å²) in [5.41, 5.74) is 10.3. The maximum absolute atomic E-state index is 11.7. The van der Waals surface area contributed by atoms with Gasteiger partial charge < -0.3 is 10.6 Å². The van der Waals surface area contributed by atoms with Crippen LogP contribution in [0.15, 0.2) is 40.9 Å². The lowest BCUT2D eigenvalue weighted by atomic mass is 9.97. The van der Waals surface area contributed by atoms with Gasteiger partial charge in [0, 0.05) is 22.2 Å². The van der Waals surface area contributed by atoms with Crippen LogP contribution in [0.25, 0.3) is 0 Å². The van der Waals surface area contributed by atoms with E-state index in [0.29, 0.717) is 11.4 Å². The number of hydrogen-bond acceptors (Lipinski definition) is 2. The molecule has 108 valence electrons. The largest absolute Gasteiger partial charge is 0.320 e. The number of benzene rings is 2. The molecule has 3 rings (SSSR count). The van der Waals surface area contributed by atoms with E-state index in [1.807, 2.05) is 36.4 Å². The first-order valence-electron chi connectivity index (χ1n) is 6.57. The topological polar surface area (TPSA) is 46.3 Å². The zero-order valence-electron chi connectivity index (χ0n) is 11.4. The number of amides is 1. The van der Waals surface area contributed by atoms with Gasteiger partial charge in [-0.15, -0.1) is 0 Å². The lowest BCUT2D eigenvalue weighted by Crippen LogP contribution is -2.20. The Morgan fingerprint density at radius 2 is 2.05 bits per heavy atom. The molecule has 2 aromatic carbocycles. The highest BCUT2D eigenvalue weighted by Crippen LogP contribution is 2.33. The van der Waals surface area contributed by atoms with Crippen molar-refractivity contribution in [3.63, 3.8) is 0 Å². The van der Waals surface area contributed by atoms with Crippen molar-refractivity contribution in [2.45, 2.75) is 12.5 Å².